The molecule has 1 aromatic heterocycles. The Bertz CT molecular complexity index is 877. The summed E-state index contributed by atoms with van der Waals surface area (Å²) in [5, 5.41) is 0. The van der Waals surface area contributed by atoms with Crippen molar-refractivity contribution < 1.29 is 9.53 Å². The maximum atomic E-state index is 12.5. The molecule has 0 bridgehead atoms. The van der Waals surface area contributed by atoms with E-state index in [-0.39, 0.29) is 5.78 Å². The standard InChI is InChI=1S/C20H16BrNO2/c1-14-4-2-5-15(10-14)11-19(23)16-6-3-7-17(12-16)24-18-8-9-22-20(21)13-18/h2-10,12-13H,11H2,1H3. The summed E-state index contributed by atoms with van der Waals surface area (Å²) < 4.78 is 6.50. The van der Waals surface area contributed by atoms with Gasteiger partial charge >= 0.3 is 0 Å². The average Bonchev–Trinajstić information content (AvgIpc) is 2.55. The van der Waals surface area contributed by atoms with E-state index in [1.807, 2.05) is 49.4 Å². The lowest BCUT2D eigenvalue weighted by molar-refractivity contribution is 0.0992. The van der Waals surface area contributed by atoms with Crippen LogP contribution in [0.5, 0.6) is 11.5 Å². The average molecular weight is 382 g/mol. The zero-order chi connectivity index (χ0) is 16.9. The molecule has 3 rings (SSSR count). The van der Waals surface area contributed by atoms with E-state index in [2.05, 4.69) is 20.9 Å². The lowest BCUT2D eigenvalue weighted by Crippen LogP contribution is -2.03. The Morgan fingerprint density at radius 2 is 1.83 bits per heavy atom. The molecule has 4 heteroatoms. The largest absolute Gasteiger partial charge is 0.457 e. The van der Waals surface area contributed by atoms with Gasteiger partial charge in [-0.25, -0.2) is 4.98 Å². The monoisotopic (exact) mass is 381 g/mol. The Morgan fingerprint density at radius 3 is 2.62 bits per heavy atom. The lowest BCUT2D eigenvalue weighted by Gasteiger charge is -2.08. The topological polar surface area (TPSA) is 39.2 Å². The van der Waals surface area contributed by atoms with Crippen molar-refractivity contribution in [2.24, 2.45) is 0 Å². The first-order valence-corrected chi connectivity index (χ1v) is 8.38. The van der Waals surface area contributed by atoms with E-state index in [4.69, 9.17) is 4.74 Å². The molecule has 3 aromatic rings. The van der Waals surface area contributed by atoms with Crippen LogP contribution in [0.25, 0.3) is 0 Å². The number of aryl methyl sites for hydroxylation is 1. The van der Waals surface area contributed by atoms with E-state index < -0.39 is 0 Å². The Labute approximate surface area is 149 Å². The minimum Gasteiger partial charge on any atom is -0.457 e. The van der Waals surface area contributed by atoms with E-state index in [0.717, 1.165) is 11.1 Å². The molecule has 0 saturated heterocycles. The smallest absolute Gasteiger partial charge is 0.167 e. The zero-order valence-electron chi connectivity index (χ0n) is 13.2. The Morgan fingerprint density at radius 1 is 1.04 bits per heavy atom. The molecular formula is C20H16BrNO2. The minimum atomic E-state index is 0.0713. The predicted molar refractivity (Wildman–Crippen MR) is 97.7 cm³/mol. The van der Waals surface area contributed by atoms with E-state index >= 15 is 0 Å². The zero-order valence-corrected chi connectivity index (χ0v) is 14.8. The molecule has 3 nitrogen and oxygen atoms in total. The van der Waals surface area contributed by atoms with Crippen molar-refractivity contribution in [2.45, 2.75) is 13.3 Å². The maximum Gasteiger partial charge on any atom is 0.167 e. The molecule has 0 radical (unpaired) electrons. The first-order valence-electron chi connectivity index (χ1n) is 7.58. The number of pyridine rings is 1. The molecule has 24 heavy (non-hydrogen) atoms. The number of nitrogens with zero attached hydrogens (tertiary/aromatic N) is 1. The van der Waals surface area contributed by atoms with Gasteiger partial charge in [0, 0.05) is 24.2 Å². The molecule has 120 valence electrons. The van der Waals surface area contributed by atoms with Gasteiger partial charge in [0.2, 0.25) is 0 Å². The van der Waals surface area contributed by atoms with Crippen LogP contribution in [-0.4, -0.2) is 10.8 Å². The van der Waals surface area contributed by atoms with Gasteiger partial charge in [-0.05, 0) is 46.6 Å². The van der Waals surface area contributed by atoms with Crippen molar-refractivity contribution in [3.63, 3.8) is 0 Å². The first-order chi connectivity index (χ1) is 11.6. The van der Waals surface area contributed by atoms with Gasteiger partial charge in [0.25, 0.3) is 0 Å². The Kier molecular flexibility index (Phi) is 5.06. The van der Waals surface area contributed by atoms with Crippen LogP contribution in [0.3, 0.4) is 0 Å². The molecular weight excluding hydrogens is 366 g/mol. The highest BCUT2D eigenvalue weighted by Gasteiger charge is 2.09. The molecule has 0 fully saturated rings. The van der Waals surface area contributed by atoms with E-state index in [9.17, 15) is 4.79 Å². The van der Waals surface area contributed by atoms with Gasteiger partial charge in [-0.1, -0.05) is 42.0 Å². The lowest BCUT2D eigenvalue weighted by atomic mass is 10.0. The van der Waals surface area contributed by atoms with Crippen molar-refractivity contribution >= 4 is 21.7 Å². The molecule has 0 unspecified atom stereocenters. The van der Waals surface area contributed by atoms with Gasteiger partial charge in [-0.3, -0.25) is 4.79 Å². The summed E-state index contributed by atoms with van der Waals surface area (Å²) in [6, 6.07) is 18.8. The Balaban J connectivity index is 1.76. The molecule has 0 atom stereocenters. The number of Topliss-reactive ketones (excluding diaryl/α,β-unsaturated/α-hetero) is 1. The molecule has 0 aliphatic carbocycles. The molecule has 0 amide bonds. The van der Waals surface area contributed by atoms with Crippen LogP contribution in [0.15, 0.2) is 71.5 Å². The Hall–Kier alpha value is -2.46. The fourth-order valence-electron chi connectivity index (χ4n) is 2.43. The summed E-state index contributed by atoms with van der Waals surface area (Å²) in [7, 11) is 0. The van der Waals surface area contributed by atoms with Crippen molar-refractivity contribution in [1.82, 2.24) is 4.98 Å². The fraction of sp³-hybridized carbons (Fsp3) is 0.100. The second-order valence-corrected chi connectivity index (χ2v) is 6.35. The number of hydrogen-bond acceptors (Lipinski definition) is 3. The quantitative estimate of drug-likeness (QED) is 0.440. The number of rotatable bonds is 5. The van der Waals surface area contributed by atoms with Crippen molar-refractivity contribution in [1.29, 1.82) is 0 Å². The van der Waals surface area contributed by atoms with Gasteiger partial charge in [-0.15, -0.1) is 0 Å². The summed E-state index contributed by atoms with van der Waals surface area (Å²) in [5.74, 6) is 1.37. The molecule has 2 aromatic carbocycles. The van der Waals surface area contributed by atoms with Crippen molar-refractivity contribution in [3.8, 4) is 11.5 Å². The van der Waals surface area contributed by atoms with Gasteiger partial charge in [0.1, 0.15) is 16.1 Å². The summed E-state index contributed by atoms with van der Waals surface area (Å²) in [6.07, 6.45) is 2.04. The van der Waals surface area contributed by atoms with Crippen LogP contribution < -0.4 is 4.74 Å². The van der Waals surface area contributed by atoms with Crippen LogP contribution in [-0.2, 0) is 6.42 Å². The van der Waals surface area contributed by atoms with Crippen LogP contribution in [0.4, 0.5) is 0 Å². The van der Waals surface area contributed by atoms with E-state index in [1.165, 1.54) is 0 Å². The maximum absolute atomic E-state index is 12.5. The number of ketones is 1. The van der Waals surface area contributed by atoms with Crippen LogP contribution in [0, 0.1) is 6.92 Å². The number of carbonyl (C=O) groups excluding carboxylic acids is 1. The third kappa shape index (κ3) is 4.30. The minimum absolute atomic E-state index is 0.0713. The summed E-state index contributed by atoms with van der Waals surface area (Å²) in [4.78, 5) is 16.6. The highest BCUT2D eigenvalue weighted by molar-refractivity contribution is 9.10. The number of halogens is 1. The number of hydrogen-bond donors (Lipinski definition) is 0. The molecule has 0 spiro atoms. The summed E-state index contributed by atoms with van der Waals surface area (Å²) in [5.41, 5.74) is 2.81. The van der Waals surface area contributed by atoms with Gasteiger partial charge in [0.05, 0.1) is 0 Å². The second kappa shape index (κ2) is 7.41. The highest BCUT2D eigenvalue weighted by atomic mass is 79.9. The predicted octanol–water partition coefficient (Wildman–Crippen LogP) is 5.37. The summed E-state index contributed by atoms with van der Waals surface area (Å²) in [6.45, 7) is 2.02. The number of benzene rings is 2. The van der Waals surface area contributed by atoms with Crippen LogP contribution in [0.1, 0.15) is 21.5 Å². The van der Waals surface area contributed by atoms with Crippen LogP contribution in [0.2, 0.25) is 0 Å². The van der Waals surface area contributed by atoms with Gasteiger partial charge in [0.15, 0.2) is 5.78 Å². The molecule has 1 heterocycles. The van der Waals surface area contributed by atoms with Gasteiger partial charge in [-0.2, -0.15) is 0 Å². The fourth-order valence-corrected chi connectivity index (χ4v) is 2.77. The number of carbonyl (C=O) groups is 1. The normalized spacial score (nSPS) is 10.4. The summed E-state index contributed by atoms with van der Waals surface area (Å²) >= 11 is 3.31. The van der Waals surface area contributed by atoms with E-state index in [1.54, 1.807) is 24.4 Å². The third-order valence-electron chi connectivity index (χ3n) is 3.54. The molecule has 0 aliphatic rings. The highest BCUT2D eigenvalue weighted by Crippen LogP contribution is 2.24. The van der Waals surface area contributed by atoms with Crippen molar-refractivity contribution in [2.75, 3.05) is 0 Å². The SMILES string of the molecule is Cc1cccc(CC(=O)c2cccc(Oc3ccnc(Br)c3)c2)c1. The molecule has 0 saturated carbocycles. The van der Waals surface area contributed by atoms with Crippen molar-refractivity contribution in [3.05, 3.63) is 88.2 Å². The van der Waals surface area contributed by atoms with E-state index in [0.29, 0.717) is 28.1 Å². The second-order valence-electron chi connectivity index (χ2n) is 5.53. The molecule has 0 N–H and O–H groups in total. The van der Waals surface area contributed by atoms with Crippen LogP contribution >= 0.6 is 15.9 Å². The third-order valence-corrected chi connectivity index (χ3v) is 3.97. The number of ether oxygens (including phenoxy) is 1. The van der Waals surface area contributed by atoms with Gasteiger partial charge < -0.3 is 4.74 Å². The number of aromatic nitrogens is 1. The first kappa shape index (κ1) is 16.4. The molecule has 0 aliphatic heterocycles.